The fraction of sp³-hybridized carbons (Fsp3) is 0.458. The number of aryl methyl sites for hydroxylation is 3. The number of rotatable bonds is 5. The molecular weight excluding hydrogens is 419 g/mol. The van der Waals surface area contributed by atoms with Crippen LogP contribution in [-0.4, -0.2) is 40.5 Å². The normalized spacial score (nSPS) is 17.7. The lowest BCUT2D eigenvalue weighted by Gasteiger charge is -2.40. The second-order valence-electron chi connectivity index (χ2n) is 8.01. The van der Waals surface area contributed by atoms with Gasteiger partial charge in [0, 0.05) is 35.5 Å². The summed E-state index contributed by atoms with van der Waals surface area (Å²) in [6, 6.07) is 12.4. The largest absolute Gasteiger partial charge is 0.408 e. The third kappa shape index (κ3) is 5.76. The molecule has 0 radical (unpaired) electrons. The third-order valence-electron chi connectivity index (χ3n) is 5.57. The maximum atomic E-state index is 14.0. The van der Waals surface area contributed by atoms with Crippen molar-refractivity contribution >= 4 is 17.8 Å². The van der Waals surface area contributed by atoms with Crippen LogP contribution >= 0.6 is 11.9 Å². The predicted molar refractivity (Wildman–Crippen MR) is 122 cm³/mol. The van der Waals surface area contributed by atoms with E-state index in [1.165, 1.54) is 16.8 Å². The van der Waals surface area contributed by atoms with Gasteiger partial charge >= 0.3 is 6.18 Å². The highest BCUT2D eigenvalue weighted by molar-refractivity contribution is 7.97. The number of amidine groups is 1. The molecule has 2 aromatic rings. The Labute approximate surface area is 187 Å². The molecule has 1 fully saturated rings. The van der Waals surface area contributed by atoms with Crippen LogP contribution in [0.5, 0.6) is 0 Å². The summed E-state index contributed by atoms with van der Waals surface area (Å²) in [5.41, 5.74) is 3.82. The highest BCUT2D eigenvalue weighted by atomic mass is 32.2. The smallest absolute Gasteiger partial charge is 0.343 e. The van der Waals surface area contributed by atoms with Gasteiger partial charge in [0.05, 0.1) is 0 Å². The van der Waals surface area contributed by atoms with Crippen LogP contribution in [0.3, 0.4) is 0 Å². The van der Waals surface area contributed by atoms with Crippen LogP contribution in [0, 0.1) is 20.8 Å². The van der Waals surface area contributed by atoms with Crippen LogP contribution in [0.15, 0.2) is 52.5 Å². The molecule has 1 aliphatic rings. The third-order valence-corrected chi connectivity index (χ3v) is 6.60. The highest BCUT2D eigenvalue weighted by Gasteiger charge is 2.46. The zero-order valence-electron chi connectivity index (χ0n) is 18.5. The first-order chi connectivity index (χ1) is 14.7. The molecule has 0 aromatic heterocycles. The Morgan fingerprint density at radius 2 is 1.71 bits per heavy atom. The molecule has 3 rings (SSSR count). The predicted octanol–water partition coefficient (Wildman–Crippen LogP) is 6.72. The lowest BCUT2D eigenvalue weighted by atomic mass is 9.96. The number of likely N-dealkylation sites (tertiary alicyclic amines) is 1. The summed E-state index contributed by atoms with van der Waals surface area (Å²) in [7, 11) is 0. The molecule has 1 aliphatic heterocycles. The van der Waals surface area contributed by atoms with Crippen molar-refractivity contribution in [2.24, 2.45) is 5.10 Å². The van der Waals surface area contributed by atoms with Crippen LogP contribution in [0.2, 0.25) is 0 Å². The van der Waals surface area contributed by atoms with Gasteiger partial charge in [-0.3, -0.25) is 0 Å². The van der Waals surface area contributed by atoms with Crippen molar-refractivity contribution in [2.75, 3.05) is 13.1 Å². The zero-order valence-corrected chi connectivity index (χ0v) is 19.4. The van der Waals surface area contributed by atoms with Crippen LogP contribution in [0.1, 0.15) is 48.4 Å². The van der Waals surface area contributed by atoms with E-state index in [1.807, 2.05) is 70.2 Å². The zero-order chi connectivity index (χ0) is 22.6. The van der Waals surface area contributed by atoms with Gasteiger partial charge in [-0.25, -0.2) is 4.41 Å². The van der Waals surface area contributed by atoms with Gasteiger partial charge in [0.1, 0.15) is 6.04 Å². The fourth-order valence-corrected chi connectivity index (χ4v) is 4.67. The Balaban J connectivity index is 2.07. The first kappa shape index (κ1) is 23.5. The summed E-state index contributed by atoms with van der Waals surface area (Å²) in [5, 5.41) is 4.83. The number of halogens is 3. The lowest BCUT2D eigenvalue weighted by Crippen LogP contribution is -2.52. The Kier molecular flexibility index (Phi) is 7.57. The van der Waals surface area contributed by atoms with Gasteiger partial charge in [0.25, 0.3) is 0 Å². The van der Waals surface area contributed by atoms with E-state index in [-0.39, 0.29) is 6.42 Å². The molecule has 168 valence electrons. The summed E-state index contributed by atoms with van der Waals surface area (Å²) in [6.07, 6.45) is -2.88. The van der Waals surface area contributed by atoms with Gasteiger partial charge in [-0.2, -0.15) is 13.2 Å². The Morgan fingerprint density at radius 1 is 1.06 bits per heavy atom. The highest BCUT2D eigenvalue weighted by Crippen LogP contribution is 2.34. The number of nitrogens with zero attached hydrogens (tertiary/aromatic N) is 3. The molecule has 3 nitrogen and oxygen atoms in total. The molecule has 1 unspecified atom stereocenters. The first-order valence-electron chi connectivity index (χ1n) is 10.7. The van der Waals surface area contributed by atoms with E-state index in [9.17, 15) is 13.2 Å². The van der Waals surface area contributed by atoms with Crippen LogP contribution in [0.25, 0.3) is 0 Å². The molecule has 2 aromatic carbocycles. The lowest BCUT2D eigenvalue weighted by molar-refractivity contribution is -0.179. The van der Waals surface area contributed by atoms with Gasteiger partial charge in [-0.15, -0.1) is 5.10 Å². The molecule has 0 spiro atoms. The number of piperidine rings is 1. The van der Waals surface area contributed by atoms with E-state index < -0.39 is 12.2 Å². The minimum absolute atomic E-state index is 0.102. The summed E-state index contributed by atoms with van der Waals surface area (Å²) in [6.45, 7) is 8.78. The van der Waals surface area contributed by atoms with Crippen molar-refractivity contribution < 1.29 is 13.2 Å². The average molecular weight is 450 g/mol. The fourth-order valence-electron chi connectivity index (χ4n) is 3.93. The monoisotopic (exact) mass is 449 g/mol. The van der Waals surface area contributed by atoms with E-state index in [4.69, 9.17) is 5.10 Å². The van der Waals surface area contributed by atoms with E-state index in [2.05, 4.69) is 0 Å². The first-order valence-corrected chi connectivity index (χ1v) is 11.5. The van der Waals surface area contributed by atoms with Gasteiger partial charge in [0.15, 0.2) is 5.84 Å². The molecule has 0 amide bonds. The van der Waals surface area contributed by atoms with E-state index >= 15 is 0 Å². The number of benzene rings is 2. The summed E-state index contributed by atoms with van der Waals surface area (Å²) in [4.78, 5) is 2.49. The van der Waals surface area contributed by atoms with Crippen molar-refractivity contribution in [3.05, 3.63) is 64.7 Å². The standard InChI is InChI=1S/C24H30F3N3S/c1-5-30(31-20-14-12-17(2)13-15-20)28-23(22-18(3)9-8-10-19(22)4)29-16-7-6-11-21(29)24(25,26)27/h8-10,12-15,21H,5-7,11,16H2,1-4H3/b28-23+. The number of alkyl halides is 3. The van der Waals surface area contributed by atoms with Gasteiger partial charge < -0.3 is 4.90 Å². The van der Waals surface area contributed by atoms with Crippen molar-refractivity contribution in [2.45, 2.75) is 64.1 Å². The quantitative estimate of drug-likeness (QED) is 0.219. The molecule has 0 saturated carbocycles. The maximum absolute atomic E-state index is 14.0. The van der Waals surface area contributed by atoms with Gasteiger partial charge in [0.2, 0.25) is 0 Å². The Bertz CT molecular complexity index is 889. The van der Waals surface area contributed by atoms with Crippen LogP contribution < -0.4 is 0 Å². The minimum Gasteiger partial charge on any atom is -0.343 e. The van der Waals surface area contributed by atoms with Crippen LogP contribution in [-0.2, 0) is 0 Å². The van der Waals surface area contributed by atoms with Crippen molar-refractivity contribution in [3.8, 4) is 0 Å². The molecule has 7 heteroatoms. The molecular formula is C24H30F3N3S. The molecule has 1 saturated heterocycles. The van der Waals surface area contributed by atoms with E-state index in [0.717, 1.165) is 33.6 Å². The number of hydrogen-bond acceptors (Lipinski definition) is 3. The van der Waals surface area contributed by atoms with E-state index in [1.54, 1.807) is 4.41 Å². The second kappa shape index (κ2) is 9.98. The molecule has 1 heterocycles. The SMILES string of the molecule is CCN(/N=C(\c1c(C)cccc1C)N1CCCCC1C(F)(F)F)Sc1ccc(C)cc1. The molecule has 31 heavy (non-hydrogen) atoms. The number of hydrogen-bond donors (Lipinski definition) is 0. The molecule has 0 bridgehead atoms. The Hall–Kier alpha value is -2.15. The number of hydrazone groups is 1. The second-order valence-corrected chi connectivity index (χ2v) is 9.09. The minimum atomic E-state index is -4.29. The molecule has 0 N–H and O–H groups in total. The summed E-state index contributed by atoms with van der Waals surface area (Å²) in [5.74, 6) is 0.416. The van der Waals surface area contributed by atoms with Gasteiger partial charge in [-0.1, -0.05) is 35.9 Å². The average Bonchev–Trinajstić information content (AvgIpc) is 2.73. The van der Waals surface area contributed by atoms with Gasteiger partial charge in [-0.05, 0) is 70.2 Å². The van der Waals surface area contributed by atoms with E-state index in [0.29, 0.717) is 25.3 Å². The summed E-state index contributed by atoms with van der Waals surface area (Å²) >= 11 is 1.44. The van der Waals surface area contributed by atoms with Crippen molar-refractivity contribution in [1.82, 2.24) is 9.31 Å². The topological polar surface area (TPSA) is 18.8 Å². The molecule has 1 atom stereocenters. The van der Waals surface area contributed by atoms with Crippen molar-refractivity contribution in [1.29, 1.82) is 0 Å². The maximum Gasteiger partial charge on any atom is 0.408 e. The van der Waals surface area contributed by atoms with Crippen LogP contribution in [0.4, 0.5) is 13.2 Å². The van der Waals surface area contributed by atoms with Crippen molar-refractivity contribution in [3.63, 3.8) is 0 Å². The Morgan fingerprint density at radius 3 is 2.29 bits per heavy atom. The summed E-state index contributed by atoms with van der Waals surface area (Å²) < 4.78 is 43.7. The molecule has 0 aliphatic carbocycles.